The van der Waals surface area contributed by atoms with Crippen LogP contribution in [-0.4, -0.2) is 23.9 Å². The van der Waals surface area contributed by atoms with E-state index in [0.29, 0.717) is 11.1 Å². The van der Waals surface area contributed by atoms with Crippen molar-refractivity contribution in [3.63, 3.8) is 0 Å². The third-order valence-electron chi connectivity index (χ3n) is 4.88. The first-order valence-electron chi connectivity index (χ1n) is 8.95. The maximum Gasteiger partial charge on any atom is 0.346 e. The number of benzene rings is 2. The molecule has 1 saturated heterocycles. The molecule has 1 aliphatic rings. The SMILES string of the molecule is COc1oc(=O)c2cc(NN3C(=O)CC(c4ccccc4)CC3=O)ccc2c1Cl. The van der Waals surface area contributed by atoms with Gasteiger partial charge in [-0.05, 0) is 17.7 Å². The molecule has 0 aliphatic carbocycles. The van der Waals surface area contributed by atoms with Crippen molar-refractivity contribution in [2.24, 2.45) is 0 Å². The zero-order valence-corrected chi connectivity index (χ0v) is 16.2. The van der Waals surface area contributed by atoms with Crippen LogP contribution in [0.25, 0.3) is 10.8 Å². The molecule has 2 heterocycles. The van der Waals surface area contributed by atoms with Gasteiger partial charge in [-0.15, -0.1) is 0 Å². The average Bonchev–Trinajstić information content (AvgIpc) is 2.73. The van der Waals surface area contributed by atoms with Gasteiger partial charge in [-0.3, -0.25) is 15.0 Å². The maximum atomic E-state index is 12.6. The van der Waals surface area contributed by atoms with Crippen LogP contribution in [0.1, 0.15) is 24.3 Å². The van der Waals surface area contributed by atoms with E-state index in [2.05, 4.69) is 5.43 Å². The van der Waals surface area contributed by atoms with Crippen LogP contribution in [0.4, 0.5) is 5.69 Å². The highest BCUT2D eigenvalue weighted by Gasteiger charge is 2.33. The fraction of sp³-hybridized carbons (Fsp3) is 0.190. The zero-order chi connectivity index (χ0) is 20.5. The van der Waals surface area contributed by atoms with Crippen LogP contribution < -0.4 is 15.8 Å². The minimum atomic E-state index is -0.634. The number of anilines is 1. The number of halogens is 1. The summed E-state index contributed by atoms with van der Waals surface area (Å²) in [5.74, 6) is -0.896. The predicted octanol–water partition coefficient (Wildman–Crippen LogP) is 3.71. The van der Waals surface area contributed by atoms with Gasteiger partial charge in [0, 0.05) is 24.1 Å². The number of nitrogens with one attached hydrogen (secondary N) is 1. The highest BCUT2D eigenvalue weighted by Crippen LogP contribution is 2.33. The summed E-state index contributed by atoms with van der Waals surface area (Å²) in [6, 6.07) is 14.2. The second kappa shape index (κ2) is 7.60. The minimum absolute atomic E-state index is 0.0711. The number of carbonyl (C=O) groups excluding carboxylic acids is 2. The molecule has 3 aromatic rings. The number of hydrogen-bond acceptors (Lipinski definition) is 6. The molecule has 0 atom stereocenters. The van der Waals surface area contributed by atoms with Gasteiger partial charge in [-0.25, -0.2) is 4.79 Å². The smallest absolute Gasteiger partial charge is 0.346 e. The number of ether oxygens (including phenoxy) is 1. The normalized spacial score (nSPS) is 15.0. The van der Waals surface area contributed by atoms with Crippen LogP contribution in [0.15, 0.2) is 57.7 Å². The molecule has 0 saturated carbocycles. The molecule has 0 spiro atoms. The van der Waals surface area contributed by atoms with Gasteiger partial charge in [0.1, 0.15) is 5.02 Å². The molecule has 29 heavy (non-hydrogen) atoms. The number of hydrogen-bond donors (Lipinski definition) is 1. The molecule has 0 unspecified atom stereocenters. The van der Waals surface area contributed by atoms with E-state index < -0.39 is 5.63 Å². The summed E-state index contributed by atoms with van der Waals surface area (Å²) in [6.07, 6.45) is 0.420. The van der Waals surface area contributed by atoms with Crippen molar-refractivity contribution in [1.29, 1.82) is 0 Å². The van der Waals surface area contributed by atoms with Crippen molar-refractivity contribution >= 4 is 39.9 Å². The quantitative estimate of drug-likeness (QED) is 0.657. The lowest BCUT2D eigenvalue weighted by Crippen LogP contribution is -2.46. The number of carbonyl (C=O) groups is 2. The summed E-state index contributed by atoms with van der Waals surface area (Å²) >= 11 is 6.18. The summed E-state index contributed by atoms with van der Waals surface area (Å²) in [6.45, 7) is 0. The second-order valence-electron chi connectivity index (χ2n) is 6.71. The number of piperidine rings is 1. The van der Waals surface area contributed by atoms with Crippen LogP contribution in [0, 0.1) is 0 Å². The number of rotatable bonds is 4. The fourth-order valence-corrected chi connectivity index (χ4v) is 3.71. The molecule has 148 valence electrons. The minimum Gasteiger partial charge on any atom is -0.467 e. The molecule has 0 bridgehead atoms. The topological polar surface area (TPSA) is 88.8 Å². The summed E-state index contributed by atoms with van der Waals surface area (Å²) in [4.78, 5) is 37.4. The van der Waals surface area contributed by atoms with Gasteiger partial charge in [0.05, 0.1) is 18.2 Å². The Labute approximate surface area is 170 Å². The van der Waals surface area contributed by atoms with E-state index in [1.54, 1.807) is 12.1 Å². The standard InChI is InChI=1S/C21H17ClN2O5/c1-28-21-19(22)15-8-7-14(11-16(15)20(27)29-21)23-24-17(25)9-13(10-18(24)26)12-5-3-2-4-6-12/h2-8,11,13,23H,9-10H2,1H3. The Kier molecular flexibility index (Phi) is 4.98. The predicted molar refractivity (Wildman–Crippen MR) is 108 cm³/mol. The molecule has 2 aromatic carbocycles. The molecule has 1 aromatic heterocycles. The Hall–Kier alpha value is -3.32. The molecule has 1 aliphatic heterocycles. The first-order valence-corrected chi connectivity index (χ1v) is 9.33. The summed E-state index contributed by atoms with van der Waals surface area (Å²) < 4.78 is 9.98. The van der Waals surface area contributed by atoms with Crippen molar-refractivity contribution in [3.8, 4) is 5.95 Å². The Morgan fingerprint density at radius 2 is 1.72 bits per heavy atom. The summed E-state index contributed by atoms with van der Waals surface area (Å²) in [7, 11) is 1.35. The maximum absolute atomic E-state index is 12.6. The van der Waals surface area contributed by atoms with Gasteiger partial charge < -0.3 is 9.15 Å². The number of amides is 2. The van der Waals surface area contributed by atoms with Gasteiger partial charge in [-0.1, -0.05) is 48.0 Å². The number of hydrazine groups is 1. The van der Waals surface area contributed by atoms with Crippen LogP contribution >= 0.6 is 11.6 Å². The van der Waals surface area contributed by atoms with Crippen LogP contribution in [-0.2, 0) is 9.59 Å². The number of methoxy groups -OCH3 is 1. The van der Waals surface area contributed by atoms with Crippen LogP contribution in [0.3, 0.4) is 0 Å². The largest absolute Gasteiger partial charge is 0.467 e. The van der Waals surface area contributed by atoms with Gasteiger partial charge in [0.15, 0.2) is 0 Å². The van der Waals surface area contributed by atoms with Crippen molar-refractivity contribution in [1.82, 2.24) is 5.01 Å². The van der Waals surface area contributed by atoms with Crippen LogP contribution in [0.2, 0.25) is 5.02 Å². The van der Waals surface area contributed by atoms with E-state index in [-0.39, 0.29) is 46.9 Å². The summed E-state index contributed by atoms with van der Waals surface area (Å²) in [5.41, 5.74) is 3.52. The molecule has 4 rings (SSSR count). The fourth-order valence-electron chi connectivity index (χ4n) is 3.43. The van der Waals surface area contributed by atoms with Crippen molar-refractivity contribution in [3.05, 3.63) is 69.5 Å². The third-order valence-corrected chi connectivity index (χ3v) is 5.24. The lowest BCUT2D eigenvalue weighted by Gasteiger charge is -2.30. The lowest BCUT2D eigenvalue weighted by molar-refractivity contribution is -0.146. The second-order valence-corrected chi connectivity index (χ2v) is 7.08. The number of fused-ring (bicyclic) bond motifs is 1. The molecule has 2 amide bonds. The van der Waals surface area contributed by atoms with E-state index in [4.69, 9.17) is 20.8 Å². The first-order chi connectivity index (χ1) is 14.0. The Bertz CT molecular complexity index is 1140. The highest BCUT2D eigenvalue weighted by molar-refractivity contribution is 6.36. The monoisotopic (exact) mass is 412 g/mol. The van der Waals surface area contributed by atoms with E-state index >= 15 is 0 Å². The molecule has 1 fully saturated rings. The Morgan fingerprint density at radius 3 is 2.38 bits per heavy atom. The van der Waals surface area contributed by atoms with Gasteiger partial charge in [-0.2, -0.15) is 5.01 Å². The van der Waals surface area contributed by atoms with E-state index in [0.717, 1.165) is 10.6 Å². The van der Waals surface area contributed by atoms with E-state index in [9.17, 15) is 14.4 Å². The van der Waals surface area contributed by atoms with Gasteiger partial charge in [0.25, 0.3) is 0 Å². The van der Waals surface area contributed by atoms with Crippen molar-refractivity contribution in [2.75, 3.05) is 12.5 Å². The van der Waals surface area contributed by atoms with Crippen molar-refractivity contribution in [2.45, 2.75) is 18.8 Å². The number of nitrogens with zero attached hydrogens (tertiary/aromatic N) is 1. The highest BCUT2D eigenvalue weighted by atomic mass is 35.5. The van der Waals surface area contributed by atoms with E-state index in [1.165, 1.54) is 13.2 Å². The molecule has 1 N–H and O–H groups in total. The third kappa shape index (κ3) is 3.56. The van der Waals surface area contributed by atoms with Gasteiger partial charge >= 0.3 is 11.6 Å². The summed E-state index contributed by atoms with van der Waals surface area (Å²) in [5, 5.41) is 1.82. The molecular formula is C21H17ClN2O5. The first kappa shape index (κ1) is 19.0. The molecule has 8 heteroatoms. The van der Waals surface area contributed by atoms with E-state index in [1.807, 2.05) is 30.3 Å². The number of imide groups is 1. The Morgan fingerprint density at radius 1 is 1.03 bits per heavy atom. The van der Waals surface area contributed by atoms with Crippen LogP contribution in [0.5, 0.6) is 5.95 Å². The molecular weight excluding hydrogens is 396 g/mol. The Balaban J connectivity index is 1.59. The van der Waals surface area contributed by atoms with Gasteiger partial charge in [0.2, 0.25) is 11.8 Å². The van der Waals surface area contributed by atoms with Crippen molar-refractivity contribution < 1.29 is 18.7 Å². The zero-order valence-electron chi connectivity index (χ0n) is 15.5. The molecule has 7 nitrogen and oxygen atoms in total. The molecule has 0 radical (unpaired) electrons. The lowest BCUT2D eigenvalue weighted by atomic mass is 9.89. The average molecular weight is 413 g/mol.